The van der Waals surface area contributed by atoms with Gasteiger partial charge in [0.1, 0.15) is 11.6 Å². The lowest BCUT2D eigenvalue weighted by Gasteiger charge is -1.98. The molecule has 6 aromatic rings. The highest BCUT2D eigenvalue weighted by molar-refractivity contribution is 5.81. The summed E-state index contributed by atoms with van der Waals surface area (Å²) < 4.78 is 0. The number of aryl methyl sites for hydroxylation is 2. The van der Waals surface area contributed by atoms with Crippen molar-refractivity contribution in [3.05, 3.63) is 85.0 Å². The molecule has 4 aromatic heterocycles. The first-order chi connectivity index (χ1) is 16.8. The van der Waals surface area contributed by atoms with Crippen LogP contribution in [-0.4, -0.2) is 39.9 Å². The van der Waals surface area contributed by atoms with Crippen molar-refractivity contribution in [3.8, 4) is 22.8 Å². The van der Waals surface area contributed by atoms with Crippen molar-refractivity contribution in [3.63, 3.8) is 0 Å². The highest BCUT2D eigenvalue weighted by atomic mass is 14.9. The van der Waals surface area contributed by atoms with Gasteiger partial charge in [-0.05, 0) is 61.4 Å². The van der Waals surface area contributed by atoms with Crippen LogP contribution in [0.4, 0.5) is 0 Å². The molecule has 0 amide bonds. The minimum atomic E-state index is 0.717. The zero-order valence-corrected chi connectivity index (χ0v) is 18.4. The maximum atomic E-state index is 4.73. The third-order valence-electron chi connectivity index (χ3n) is 5.79. The predicted molar refractivity (Wildman–Crippen MR) is 131 cm³/mol. The molecular formula is C26H22N8. The SMILES string of the molecule is c1cnc(-c2ccc3nc(CCCCc4nc5ccc(-c6ncccn6)cc5[nH]4)[nH]c3c2)nc1. The molecular weight excluding hydrogens is 424 g/mol. The van der Waals surface area contributed by atoms with E-state index in [-0.39, 0.29) is 0 Å². The molecule has 0 aliphatic heterocycles. The molecule has 6 rings (SSSR count). The van der Waals surface area contributed by atoms with Gasteiger partial charge in [-0.3, -0.25) is 0 Å². The summed E-state index contributed by atoms with van der Waals surface area (Å²) in [5.74, 6) is 3.43. The molecule has 8 heteroatoms. The molecule has 0 unspecified atom stereocenters. The van der Waals surface area contributed by atoms with Crippen LogP contribution in [0.1, 0.15) is 24.5 Å². The number of aromatic amines is 2. The Morgan fingerprint density at radius 1 is 0.559 bits per heavy atom. The lowest BCUT2D eigenvalue weighted by Crippen LogP contribution is -1.92. The smallest absolute Gasteiger partial charge is 0.159 e. The number of unbranched alkanes of at least 4 members (excludes halogenated alkanes) is 1. The van der Waals surface area contributed by atoms with E-state index in [1.54, 1.807) is 24.8 Å². The normalized spacial score (nSPS) is 11.4. The molecule has 0 spiro atoms. The Balaban J connectivity index is 1.09. The summed E-state index contributed by atoms with van der Waals surface area (Å²) in [6.45, 7) is 0. The van der Waals surface area contributed by atoms with Crippen molar-refractivity contribution in [1.82, 2.24) is 39.9 Å². The van der Waals surface area contributed by atoms with E-state index in [0.717, 1.165) is 82.2 Å². The number of nitrogens with one attached hydrogen (secondary N) is 2. The fraction of sp³-hybridized carbons (Fsp3) is 0.154. The average Bonchev–Trinajstić information content (AvgIpc) is 3.50. The zero-order valence-electron chi connectivity index (χ0n) is 18.4. The molecule has 2 aromatic carbocycles. The first kappa shape index (κ1) is 20.2. The Labute approximate surface area is 195 Å². The highest BCUT2D eigenvalue weighted by Gasteiger charge is 2.09. The summed E-state index contributed by atoms with van der Waals surface area (Å²) in [5, 5.41) is 0. The summed E-state index contributed by atoms with van der Waals surface area (Å²) in [6.07, 6.45) is 10.8. The van der Waals surface area contributed by atoms with E-state index in [4.69, 9.17) is 9.97 Å². The summed E-state index contributed by atoms with van der Waals surface area (Å²) in [7, 11) is 0. The van der Waals surface area contributed by atoms with Gasteiger partial charge in [0.2, 0.25) is 0 Å². The van der Waals surface area contributed by atoms with E-state index in [0.29, 0.717) is 0 Å². The van der Waals surface area contributed by atoms with Gasteiger partial charge in [0, 0.05) is 48.8 Å². The topological polar surface area (TPSA) is 109 Å². The van der Waals surface area contributed by atoms with Crippen LogP contribution in [0, 0.1) is 0 Å². The molecule has 0 saturated heterocycles. The monoisotopic (exact) mass is 446 g/mol. The highest BCUT2D eigenvalue weighted by Crippen LogP contribution is 2.22. The largest absolute Gasteiger partial charge is 0.342 e. The Morgan fingerprint density at radius 3 is 1.44 bits per heavy atom. The first-order valence-electron chi connectivity index (χ1n) is 11.3. The summed E-state index contributed by atoms with van der Waals surface area (Å²) in [6, 6.07) is 15.8. The number of H-pyrrole nitrogens is 2. The molecule has 0 aliphatic rings. The van der Waals surface area contributed by atoms with Gasteiger partial charge >= 0.3 is 0 Å². The Morgan fingerprint density at radius 2 is 1.00 bits per heavy atom. The van der Waals surface area contributed by atoms with E-state index in [2.05, 4.69) is 42.0 Å². The third kappa shape index (κ3) is 4.13. The number of benzene rings is 2. The van der Waals surface area contributed by atoms with Gasteiger partial charge in [-0.1, -0.05) is 0 Å². The van der Waals surface area contributed by atoms with Crippen LogP contribution in [0.2, 0.25) is 0 Å². The maximum absolute atomic E-state index is 4.73. The van der Waals surface area contributed by atoms with Gasteiger partial charge in [0.05, 0.1) is 22.1 Å². The van der Waals surface area contributed by atoms with Crippen LogP contribution in [0.5, 0.6) is 0 Å². The molecule has 0 bridgehead atoms. The molecule has 0 radical (unpaired) electrons. The molecule has 4 heterocycles. The molecule has 0 atom stereocenters. The number of nitrogens with zero attached hydrogens (tertiary/aromatic N) is 6. The zero-order chi connectivity index (χ0) is 22.7. The van der Waals surface area contributed by atoms with Crippen LogP contribution < -0.4 is 0 Å². The van der Waals surface area contributed by atoms with E-state index in [9.17, 15) is 0 Å². The predicted octanol–water partition coefficient (Wildman–Crippen LogP) is 4.92. The number of hydrogen-bond donors (Lipinski definition) is 2. The van der Waals surface area contributed by atoms with Crippen LogP contribution >= 0.6 is 0 Å². The molecule has 0 fully saturated rings. The van der Waals surface area contributed by atoms with Gasteiger partial charge in [-0.25, -0.2) is 29.9 Å². The summed E-state index contributed by atoms with van der Waals surface area (Å²) in [5.41, 5.74) is 5.91. The lowest BCUT2D eigenvalue weighted by atomic mass is 10.2. The van der Waals surface area contributed by atoms with Crippen molar-refractivity contribution >= 4 is 22.1 Å². The van der Waals surface area contributed by atoms with Crippen molar-refractivity contribution < 1.29 is 0 Å². The number of fused-ring (bicyclic) bond motifs is 2. The average molecular weight is 447 g/mol. The number of imidazole rings is 2. The number of rotatable bonds is 7. The molecule has 0 saturated carbocycles. The van der Waals surface area contributed by atoms with Crippen molar-refractivity contribution in [2.24, 2.45) is 0 Å². The standard InChI is InChI=1S/C26H22N8/c1(5-23-31-19-9-7-17(15-21(19)33-23)25-27-11-3-12-28-25)2-6-24-32-20-10-8-18(16-22(20)34-24)26-29-13-4-14-30-26/h3-4,7-16H,1-2,5-6H2,(H,31,33)(H,32,34). The van der Waals surface area contributed by atoms with Gasteiger partial charge in [0.25, 0.3) is 0 Å². The third-order valence-corrected chi connectivity index (χ3v) is 5.79. The van der Waals surface area contributed by atoms with Crippen LogP contribution in [0.3, 0.4) is 0 Å². The first-order valence-corrected chi connectivity index (χ1v) is 11.3. The van der Waals surface area contributed by atoms with Crippen LogP contribution in [0.15, 0.2) is 73.3 Å². The van der Waals surface area contributed by atoms with E-state index < -0.39 is 0 Å². The van der Waals surface area contributed by atoms with Crippen molar-refractivity contribution in [1.29, 1.82) is 0 Å². The summed E-state index contributed by atoms with van der Waals surface area (Å²) in [4.78, 5) is 33.7. The Bertz CT molecular complexity index is 1430. The molecule has 166 valence electrons. The minimum absolute atomic E-state index is 0.717. The maximum Gasteiger partial charge on any atom is 0.159 e. The quantitative estimate of drug-likeness (QED) is 0.337. The summed E-state index contributed by atoms with van der Waals surface area (Å²) >= 11 is 0. The molecule has 2 N–H and O–H groups in total. The second-order valence-electron chi connectivity index (χ2n) is 8.18. The molecule has 34 heavy (non-hydrogen) atoms. The second kappa shape index (κ2) is 8.82. The molecule has 8 nitrogen and oxygen atoms in total. The minimum Gasteiger partial charge on any atom is -0.342 e. The van der Waals surface area contributed by atoms with Gasteiger partial charge < -0.3 is 9.97 Å². The van der Waals surface area contributed by atoms with E-state index in [1.165, 1.54) is 0 Å². The van der Waals surface area contributed by atoms with Gasteiger partial charge in [-0.15, -0.1) is 0 Å². The van der Waals surface area contributed by atoms with Crippen LogP contribution in [0.25, 0.3) is 44.8 Å². The number of aromatic nitrogens is 8. The van der Waals surface area contributed by atoms with E-state index >= 15 is 0 Å². The van der Waals surface area contributed by atoms with Crippen LogP contribution in [-0.2, 0) is 12.8 Å². The van der Waals surface area contributed by atoms with Gasteiger partial charge in [0.15, 0.2) is 11.6 Å². The van der Waals surface area contributed by atoms with Crippen molar-refractivity contribution in [2.45, 2.75) is 25.7 Å². The van der Waals surface area contributed by atoms with Gasteiger partial charge in [-0.2, -0.15) is 0 Å². The fourth-order valence-corrected chi connectivity index (χ4v) is 4.12. The van der Waals surface area contributed by atoms with E-state index in [1.807, 2.05) is 36.4 Å². The Hall–Kier alpha value is -4.46. The fourth-order valence-electron chi connectivity index (χ4n) is 4.12. The number of hydrogen-bond acceptors (Lipinski definition) is 6. The van der Waals surface area contributed by atoms with Crippen molar-refractivity contribution in [2.75, 3.05) is 0 Å². The Kier molecular flexibility index (Phi) is 5.23. The lowest BCUT2D eigenvalue weighted by molar-refractivity contribution is 0.698. The second-order valence-corrected chi connectivity index (χ2v) is 8.18. The molecule has 0 aliphatic carbocycles.